The predicted octanol–water partition coefficient (Wildman–Crippen LogP) is 4.06. The molecule has 0 saturated heterocycles. The highest BCUT2D eigenvalue weighted by atomic mass is 15.1. The summed E-state index contributed by atoms with van der Waals surface area (Å²) < 4.78 is 0. The first-order chi connectivity index (χ1) is 7.56. The molecule has 1 aliphatic rings. The molecule has 16 heavy (non-hydrogen) atoms. The van der Waals surface area contributed by atoms with Crippen molar-refractivity contribution < 1.29 is 0 Å². The van der Waals surface area contributed by atoms with E-state index in [0.717, 1.165) is 6.42 Å². The van der Waals surface area contributed by atoms with Crippen molar-refractivity contribution in [3.63, 3.8) is 0 Å². The Kier molecular flexibility index (Phi) is 4.60. The molecule has 0 bridgehead atoms. The van der Waals surface area contributed by atoms with Crippen LogP contribution in [-0.2, 0) is 0 Å². The number of hydrogen-bond acceptors (Lipinski definition) is 1. The van der Waals surface area contributed by atoms with Gasteiger partial charge in [-0.15, -0.1) is 0 Å². The molecule has 1 nitrogen and oxygen atoms in total. The van der Waals surface area contributed by atoms with Gasteiger partial charge in [0.1, 0.15) is 0 Å². The standard InChI is InChI=1S/C15H23N/c1-6-7-8-15(12(2)3)14-10-9-13(4)16(5)11-14/h7-11,13H,6H2,1-5H3/b8-7-. The van der Waals surface area contributed by atoms with Gasteiger partial charge in [-0.2, -0.15) is 0 Å². The topological polar surface area (TPSA) is 3.24 Å². The fraction of sp³-hybridized carbons (Fsp3) is 0.467. The van der Waals surface area contributed by atoms with E-state index in [-0.39, 0.29) is 0 Å². The van der Waals surface area contributed by atoms with Crippen LogP contribution in [0.4, 0.5) is 0 Å². The molecule has 0 saturated carbocycles. The zero-order chi connectivity index (χ0) is 12.1. The van der Waals surface area contributed by atoms with Crippen molar-refractivity contribution >= 4 is 0 Å². The molecule has 0 amide bonds. The molecule has 1 atom stereocenters. The normalized spacial score (nSPS) is 20.2. The van der Waals surface area contributed by atoms with Gasteiger partial charge in [-0.25, -0.2) is 0 Å². The quantitative estimate of drug-likeness (QED) is 0.644. The number of nitrogens with zero attached hydrogens (tertiary/aromatic N) is 1. The van der Waals surface area contributed by atoms with Gasteiger partial charge in [0.05, 0.1) is 0 Å². The molecule has 0 aromatic rings. The van der Waals surface area contributed by atoms with Gasteiger partial charge in [0.15, 0.2) is 0 Å². The fourth-order valence-corrected chi connectivity index (χ4v) is 1.71. The summed E-state index contributed by atoms with van der Waals surface area (Å²) in [5.74, 6) is 0. The lowest BCUT2D eigenvalue weighted by atomic mass is 9.98. The minimum Gasteiger partial charge on any atom is -0.374 e. The van der Waals surface area contributed by atoms with Crippen LogP contribution in [0, 0.1) is 0 Å². The van der Waals surface area contributed by atoms with Crippen LogP contribution in [0.5, 0.6) is 0 Å². The van der Waals surface area contributed by atoms with E-state index in [2.05, 4.69) is 70.1 Å². The molecule has 1 aliphatic heterocycles. The number of allylic oxidation sites excluding steroid dienone is 6. The monoisotopic (exact) mass is 217 g/mol. The molecule has 0 aliphatic carbocycles. The summed E-state index contributed by atoms with van der Waals surface area (Å²) >= 11 is 0. The maximum atomic E-state index is 2.25. The Labute approximate surface area is 99.8 Å². The van der Waals surface area contributed by atoms with Crippen molar-refractivity contribution in [1.82, 2.24) is 4.90 Å². The Morgan fingerprint density at radius 2 is 2.12 bits per heavy atom. The zero-order valence-corrected chi connectivity index (χ0v) is 11.1. The molecule has 0 spiro atoms. The maximum absolute atomic E-state index is 2.25. The van der Waals surface area contributed by atoms with Crippen molar-refractivity contribution in [3.8, 4) is 0 Å². The number of rotatable bonds is 3. The van der Waals surface area contributed by atoms with Gasteiger partial charge in [0, 0.05) is 19.3 Å². The van der Waals surface area contributed by atoms with Gasteiger partial charge < -0.3 is 4.90 Å². The second-order valence-corrected chi connectivity index (χ2v) is 4.57. The van der Waals surface area contributed by atoms with Gasteiger partial charge in [-0.1, -0.05) is 36.8 Å². The van der Waals surface area contributed by atoms with Gasteiger partial charge in [-0.3, -0.25) is 0 Å². The third-order valence-electron chi connectivity index (χ3n) is 2.91. The average Bonchev–Trinajstić information content (AvgIpc) is 2.23. The molecular formula is C15H23N. The van der Waals surface area contributed by atoms with Crippen LogP contribution in [0.3, 0.4) is 0 Å². The van der Waals surface area contributed by atoms with Gasteiger partial charge >= 0.3 is 0 Å². The largest absolute Gasteiger partial charge is 0.374 e. The highest BCUT2D eigenvalue weighted by Crippen LogP contribution is 2.22. The molecule has 0 aromatic heterocycles. The van der Waals surface area contributed by atoms with E-state index in [0.29, 0.717) is 6.04 Å². The molecule has 1 unspecified atom stereocenters. The summed E-state index contributed by atoms with van der Waals surface area (Å²) in [7, 11) is 2.13. The molecule has 0 N–H and O–H groups in total. The van der Waals surface area contributed by atoms with E-state index in [1.54, 1.807) is 0 Å². The summed E-state index contributed by atoms with van der Waals surface area (Å²) in [5, 5.41) is 0. The maximum Gasteiger partial charge on any atom is 0.0439 e. The summed E-state index contributed by atoms with van der Waals surface area (Å²) in [4.78, 5) is 2.25. The van der Waals surface area contributed by atoms with Crippen LogP contribution < -0.4 is 0 Å². The number of hydrogen-bond donors (Lipinski definition) is 0. The van der Waals surface area contributed by atoms with E-state index in [1.807, 2.05) is 0 Å². The van der Waals surface area contributed by atoms with Crippen molar-refractivity contribution in [2.75, 3.05) is 7.05 Å². The molecular weight excluding hydrogens is 194 g/mol. The minimum absolute atomic E-state index is 0.498. The highest BCUT2D eigenvalue weighted by Gasteiger charge is 2.10. The molecule has 1 heteroatoms. The second kappa shape index (κ2) is 5.74. The van der Waals surface area contributed by atoms with Gasteiger partial charge in [-0.05, 0) is 38.3 Å². The summed E-state index contributed by atoms with van der Waals surface area (Å²) in [5.41, 5.74) is 4.02. The number of likely N-dealkylation sites (N-methyl/N-ethyl adjacent to an activating group) is 1. The SMILES string of the molecule is CC/C=C\C(C1=CN(C)C(C)C=C1)=C(C)C. The summed E-state index contributed by atoms with van der Waals surface area (Å²) in [6.45, 7) is 8.70. The van der Waals surface area contributed by atoms with Crippen LogP contribution in [0.15, 0.2) is 47.2 Å². The first-order valence-corrected chi connectivity index (χ1v) is 6.02. The molecule has 88 valence electrons. The van der Waals surface area contributed by atoms with Crippen molar-refractivity contribution in [2.45, 2.75) is 40.2 Å². The Morgan fingerprint density at radius 1 is 1.44 bits per heavy atom. The van der Waals surface area contributed by atoms with Crippen LogP contribution in [0.1, 0.15) is 34.1 Å². The van der Waals surface area contributed by atoms with Crippen LogP contribution >= 0.6 is 0 Å². The van der Waals surface area contributed by atoms with E-state index >= 15 is 0 Å². The van der Waals surface area contributed by atoms with E-state index in [9.17, 15) is 0 Å². The van der Waals surface area contributed by atoms with E-state index < -0.39 is 0 Å². The molecule has 1 heterocycles. The van der Waals surface area contributed by atoms with Crippen LogP contribution in [-0.4, -0.2) is 18.0 Å². The zero-order valence-electron chi connectivity index (χ0n) is 11.1. The third kappa shape index (κ3) is 3.13. The second-order valence-electron chi connectivity index (χ2n) is 4.57. The summed E-state index contributed by atoms with van der Waals surface area (Å²) in [6.07, 6.45) is 12.2. The Morgan fingerprint density at radius 3 is 2.62 bits per heavy atom. The minimum atomic E-state index is 0.498. The Bertz CT molecular complexity index is 352. The first kappa shape index (κ1) is 12.8. The van der Waals surface area contributed by atoms with Crippen LogP contribution in [0.25, 0.3) is 0 Å². The fourth-order valence-electron chi connectivity index (χ4n) is 1.71. The average molecular weight is 217 g/mol. The lowest BCUT2D eigenvalue weighted by Gasteiger charge is -2.25. The Balaban J connectivity index is 2.99. The first-order valence-electron chi connectivity index (χ1n) is 6.02. The van der Waals surface area contributed by atoms with Crippen molar-refractivity contribution in [3.05, 3.63) is 47.2 Å². The third-order valence-corrected chi connectivity index (χ3v) is 2.91. The van der Waals surface area contributed by atoms with E-state index in [4.69, 9.17) is 0 Å². The molecule has 0 radical (unpaired) electrons. The molecule has 0 fully saturated rings. The lowest BCUT2D eigenvalue weighted by molar-refractivity contribution is 0.400. The van der Waals surface area contributed by atoms with Crippen molar-refractivity contribution in [1.29, 1.82) is 0 Å². The van der Waals surface area contributed by atoms with Crippen molar-refractivity contribution in [2.24, 2.45) is 0 Å². The van der Waals surface area contributed by atoms with E-state index in [1.165, 1.54) is 16.7 Å². The van der Waals surface area contributed by atoms with Gasteiger partial charge in [0.2, 0.25) is 0 Å². The summed E-state index contributed by atoms with van der Waals surface area (Å²) in [6, 6.07) is 0.498. The lowest BCUT2D eigenvalue weighted by Crippen LogP contribution is -2.24. The Hall–Kier alpha value is -1.24. The highest BCUT2D eigenvalue weighted by molar-refractivity contribution is 5.49. The predicted molar refractivity (Wildman–Crippen MR) is 72.3 cm³/mol. The smallest absolute Gasteiger partial charge is 0.0439 e. The van der Waals surface area contributed by atoms with Gasteiger partial charge in [0.25, 0.3) is 0 Å². The molecule has 1 rings (SSSR count). The molecule has 0 aromatic carbocycles. The van der Waals surface area contributed by atoms with Crippen LogP contribution in [0.2, 0.25) is 0 Å².